The Hall–Kier alpha value is -2.91. The SMILES string of the molecule is COC(=O)c1cccc(NC(=O)CSc2nnnn2-c2cccc(Cl)c2)c1. The number of tetrazole rings is 1. The number of anilines is 1. The second-order valence-corrected chi connectivity index (χ2v) is 6.64. The molecule has 0 atom stereocenters. The minimum Gasteiger partial charge on any atom is -0.465 e. The molecule has 10 heteroatoms. The van der Waals surface area contributed by atoms with E-state index in [1.807, 2.05) is 6.07 Å². The third kappa shape index (κ3) is 4.83. The lowest BCUT2D eigenvalue weighted by atomic mass is 10.2. The molecule has 27 heavy (non-hydrogen) atoms. The van der Waals surface area contributed by atoms with E-state index in [1.165, 1.54) is 23.6 Å². The van der Waals surface area contributed by atoms with Crippen molar-refractivity contribution in [3.8, 4) is 5.69 Å². The number of aromatic nitrogens is 4. The molecule has 0 fully saturated rings. The Morgan fingerprint density at radius 2 is 2.04 bits per heavy atom. The second-order valence-electron chi connectivity index (χ2n) is 5.26. The molecule has 0 radical (unpaired) electrons. The van der Waals surface area contributed by atoms with E-state index in [1.54, 1.807) is 42.5 Å². The Morgan fingerprint density at radius 3 is 2.81 bits per heavy atom. The van der Waals surface area contributed by atoms with Crippen LogP contribution in [0.1, 0.15) is 10.4 Å². The minimum atomic E-state index is -0.471. The van der Waals surface area contributed by atoms with Gasteiger partial charge in [0.2, 0.25) is 11.1 Å². The zero-order valence-corrected chi connectivity index (χ0v) is 15.7. The van der Waals surface area contributed by atoms with Crippen molar-refractivity contribution in [2.45, 2.75) is 5.16 Å². The van der Waals surface area contributed by atoms with Gasteiger partial charge in [-0.3, -0.25) is 4.79 Å². The van der Waals surface area contributed by atoms with Crippen molar-refractivity contribution in [3.05, 3.63) is 59.1 Å². The number of methoxy groups -OCH3 is 1. The molecule has 0 aliphatic carbocycles. The van der Waals surface area contributed by atoms with Crippen LogP contribution in [0.3, 0.4) is 0 Å². The molecule has 0 aliphatic rings. The average Bonchev–Trinajstić information content (AvgIpc) is 3.14. The normalized spacial score (nSPS) is 10.4. The van der Waals surface area contributed by atoms with Crippen molar-refractivity contribution in [2.24, 2.45) is 0 Å². The first-order valence-electron chi connectivity index (χ1n) is 7.72. The first kappa shape index (κ1) is 18.9. The second kappa shape index (κ2) is 8.65. The maximum Gasteiger partial charge on any atom is 0.337 e. The molecular weight excluding hydrogens is 390 g/mol. The maximum atomic E-state index is 12.2. The van der Waals surface area contributed by atoms with Crippen LogP contribution in [-0.2, 0) is 9.53 Å². The van der Waals surface area contributed by atoms with Crippen molar-refractivity contribution >= 4 is 40.9 Å². The molecule has 138 valence electrons. The third-order valence-corrected chi connectivity index (χ3v) is 4.55. The van der Waals surface area contributed by atoms with Gasteiger partial charge >= 0.3 is 5.97 Å². The number of hydrogen-bond donors (Lipinski definition) is 1. The predicted octanol–water partition coefficient (Wildman–Crippen LogP) is 2.83. The Labute approximate surface area is 163 Å². The smallest absolute Gasteiger partial charge is 0.337 e. The summed E-state index contributed by atoms with van der Waals surface area (Å²) in [6.07, 6.45) is 0. The number of nitrogens with one attached hydrogen (secondary N) is 1. The van der Waals surface area contributed by atoms with E-state index < -0.39 is 5.97 Å². The number of carbonyl (C=O) groups excluding carboxylic acids is 2. The van der Waals surface area contributed by atoms with Gasteiger partial charge in [0.25, 0.3) is 0 Å². The Morgan fingerprint density at radius 1 is 1.22 bits per heavy atom. The molecular formula is C17H14ClN5O3S. The van der Waals surface area contributed by atoms with Gasteiger partial charge in [-0.05, 0) is 46.8 Å². The summed E-state index contributed by atoms with van der Waals surface area (Å²) in [5.74, 6) is -0.646. The fraction of sp³-hybridized carbons (Fsp3) is 0.118. The highest BCUT2D eigenvalue weighted by Gasteiger charge is 2.13. The topological polar surface area (TPSA) is 99.0 Å². The van der Waals surface area contributed by atoms with Gasteiger partial charge in [-0.15, -0.1) is 5.10 Å². The van der Waals surface area contributed by atoms with Crippen LogP contribution in [0.4, 0.5) is 5.69 Å². The van der Waals surface area contributed by atoms with Gasteiger partial charge in [-0.2, -0.15) is 4.68 Å². The van der Waals surface area contributed by atoms with Gasteiger partial charge in [0.05, 0.1) is 24.1 Å². The Kier molecular flexibility index (Phi) is 6.05. The van der Waals surface area contributed by atoms with E-state index in [0.717, 1.165) is 0 Å². The fourth-order valence-electron chi connectivity index (χ4n) is 2.21. The van der Waals surface area contributed by atoms with Gasteiger partial charge in [0.15, 0.2) is 0 Å². The van der Waals surface area contributed by atoms with Crippen LogP contribution in [0.15, 0.2) is 53.7 Å². The summed E-state index contributed by atoms with van der Waals surface area (Å²) in [4.78, 5) is 23.8. The summed E-state index contributed by atoms with van der Waals surface area (Å²) in [7, 11) is 1.30. The highest BCUT2D eigenvalue weighted by molar-refractivity contribution is 7.99. The largest absolute Gasteiger partial charge is 0.465 e. The van der Waals surface area contributed by atoms with Crippen LogP contribution in [-0.4, -0.2) is 44.9 Å². The molecule has 0 saturated carbocycles. The number of ether oxygens (including phenoxy) is 1. The standard InChI is InChI=1S/C17H14ClN5O3S/c1-26-16(25)11-4-2-6-13(8-11)19-15(24)10-27-17-20-21-22-23(17)14-7-3-5-12(18)9-14/h2-9H,10H2,1H3,(H,19,24). The van der Waals surface area contributed by atoms with Crippen molar-refractivity contribution in [1.82, 2.24) is 20.2 Å². The highest BCUT2D eigenvalue weighted by atomic mass is 35.5. The van der Waals surface area contributed by atoms with E-state index in [9.17, 15) is 9.59 Å². The molecule has 3 aromatic rings. The summed E-state index contributed by atoms with van der Waals surface area (Å²) in [6.45, 7) is 0. The fourth-order valence-corrected chi connectivity index (χ4v) is 3.08. The van der Waals surface area contributed by atoms with Gasteiger partial charge in [0.1, 0.15) is 0 Å². The van der Waals surface area contributed by atoms with E-state index in [2.05, 4.69) is 25.6 Å². The quantitative estimate of drug-likeness (QED) is 0.499. The third-order valence-electron chi connectivity index (χ3n) is 3.39. The molecule has 1 N–H and O–H groups in total. The summed E-state index contributed by atoms with van der Waals surface area (Å²) in [5.41, 5.74) is 1.55. The molecule has 0 bridgehead atoms. The molecule has 8 nitrogen and oxygen atoms in total. The number of carbonyl (C=O) groups is 2. The van der Waals surface area contributed by atoms with E-state index in [4.69, 9.17) is 11.6 Å². The van der Waals surface area contributed by atoms with E-state index in [-0.39, 0.29) is 11.7 Å². The molecule has 2 aromatic carbocycles. The summed E-state index contributed by atoms with van der Waals surface area (Å²) in [5, 5.41) is 15.2. The maximum absolute atomic E-state index is 12.2. The van der Waals surface area contributed by atoms with Crippen molar-refractivity contribution in [1.29, 1.82) is 0 Å². The number of hydrogen-bond acceptors (Lipinski definition) is 7. The number of halogens is 1. The van der Waals surface area contributed by atoms with Crippen molar-refractivity contribution in [2.75, 3.05) is 18.2 Å². The number of rotatable bonds is 6. The van der Waals surface area contributed by atoms with Crippen LogP contribution < -0.4 is 5.32 Å². The van der Waals surface area contributed by atoms with Crippen LogP contribution in [0.2, 0.25) is 5.02 Å². The summed E-state index contributed by atoms with van der Waals surface area (Å²) >= 11 is 7.17. The molecule has 1 aromatic heterocycles. The Balaban J connectivity index is 1.64. The number of esters is 1. The number of amides is 1. The number of thioether (sulfide) groups is 1. The number of nitrogens with zero attached hydrogens (tertiary/aromatic N) is 4. The lowest BCUT2D eigenvalue weighted by Crippen LogP contribution is -2.15. The summed E-state index contributed by atoms with van der Waals surface area (Å²) < 4.78 is 6.17. The van der Waals surface area contributed by atoms with Crippen molar-refractivity contribution in [3.63, 3.8) is 0 Å². The zero-order chi connectivity index (χ0) is 19.2. The average molecular weight is 404 g/mol. The Bertz CT molecular complexity index is 978. The van der Waals surface area contributed by atoms with E-state index >= 15 is 0 Å². The van der Waals surface area contributed by atoms with E-state index in [0.29, 0.717) is 27.1 Å². The van der Waals surface area contributed by atoms with Crippen molar-refractivity contribution < 1.29 is 14.3 Å². The number of benzene rings is 2. The molecule has 1 amide bonds. The lowest BCUT2D eigenvalue weighted by molar-refractivity contribution is -0.113. The molecule has 0 saturated heterocycles. The first-order chi connectivity index (χ1) is 13.1. The van der Waals surface area contributed by atoms with Gasteiger partial charge < -0.3 is 10.1 Å². The van der Waals surface area contributed by atoms with Gasteiger partial charge in [0, 0.05) is 10.7 Å². The predicted molar refractivity (Wildman–Crippen MR) is 101 cm³/mol. The van der Waals surface area contributed by atoms with Crippen LogP contribution in [0.5, 0.6) is 0 Å². The van der Waals surface area contributed by atoms with Gasteiger partial charge in [-0.25, -0.2) is 4.79 Å². The zero-order valence-electron chi connectivity index (χ0n) is 14.1. The molecule has 3 rings (SSSR count). The molecule has 1 heterocycles. The van der Waals surface area contributed by atoms with Crippen LogP contribution in [0, 0.1) is 0 Å². The molecule has 0 unspecified atom stereocenters. The highest BCUT2D eigenvalue weighted by Crippen LogP contribution is 2.21. The molecule has 0 aliphatic heterocycles. The first-order valence-corrected chi connectivity index (χ1v) is 9.08. The van der Waals surface area contributed by atoms with Crippen LogP contribution >= 0.6 is 23.4 Å². The lowest BCUT2D eigenvalue weighted by Gasteiger charge is -2.07. The van der Waals surface area contributed by atoms with Gasteiger partial charge in [-0.1, -0.05) is 35.5 Å². The van der Waals surface area contributed by atoms with Crippen LogP contribution in [0.25, 0.3) is 5.69 Å². The minimum absolute atomic E-state index is 0.0867. The molecule has 0 spiro atoms. The monoisotopic (exact) mass is 403 g/mol. The summed E-state index contributed by atoms with van der Waals surface area (Å²) in [6, 6.07) is 13.6.